The van der Waals surface area contributed by atoms with Crippen LogP contribution in [0.2, 0.25) is 0 Å². The molecule has 0 amide bonds. The van der Waals surface area contributed by atoms with Crippen molar-refractivity contribution in [1.82, 2.24) is 23.7 Å². The van der Waals surface area contributed by atoms with Crippen LogP contribution in [0, 0.1) is 0 Å². The minimum Gasteiger partial charge on any atom is -0.350 e. The van der Waals surface area contributed by atoms with Crippen molar-refractivity contribution in [1.29, 1.82) is 0 Å². The maximum Gasteiger partial charge on any atom is 0.433 e. The van der Waals surface area contributed by atoms with Crippen LogP contribution in [-0.4, -0.2) is 23.7 Å². The number of halogens is 6. The summed E-state index contributed by atoms with van der Waals surface area (Å²) in [5.74, 6) is 0. The third-order valence-electron chi connectivity index (χ3n) is 6.49. The van der Waals surface area contributed by atoms with Crippen molar-refractivity contribution in [3.05, 3.63) is 78.4 Å². The van der Waals surface area contributed by atoms with Gasteiger partial charge >= 0.3 is 12.4 Å². The molecule has 0 aliphatic heterocycles. The lowest BCUT2D eigenvalue weighted by Crippen LogP contribution is -2.18. The van der Waals surface area contributed by atoms with Crippen LogP contribution >= 0.6 is 0 Å². The molecule has 6 rings (SSSR count). The first-order valence-electron chi connectivity index (χ1n) is 11.1. The highest BCUT2D eigenvalue weighted by molar-refractivity contribution is 6.07. The van der Waals surface area contributed by atoms with E-state index in [1.807, 2.05) is 18.2 Å². The highest BCUT2D eigenvalue weighted by Gasteiger charge is 2.41. The smallest absolute Gasteiger partial charge is 0.350 e. The van der Waals surface area contributed by atoms with Gasteiger partial charge in [0, 0.05) is 59.4 Å². The van der Waals surface area contributed by atoms with E-state index >= 15 is 0 Å². The molecule has 0 radical (unpaired) electrons. The van der Waals surface area contributed by atoms with Crippen molar-refractivity contribution in [2.45, 2.75) is 12.4 Å². The highest BCUT2D eigenvalue weighted by Crippen LogP contribution is 2.44. The molecule has 0 N–H and O–H groups in total. The largest absolute Gasteiger partial charge is 0.433 e. The van der Waals surface area contributed by atoms with Gasteiger partial charge in [-0.05, 0) is 18.2 Å². The fourth-order valence-electron chi connectivity index (χ4n) is 4.87. The summed E-state index contributed by atoms with van der Waals surface area (Å²) in [5, 5.41) is 5.61. The summed E-state index contributed by atoms with van der Waals surface area (Å²) < 4.78 is 87.5. The molecule has 0 saturated heterocycles. The van der Waals surface area contributed by atoms with E-state index in [2.05, 4.69) is 10.1 Å². The molecule has 2 aromatic carbocycles. The average Bonchev–Trinajstić information content (AvgIpc) is 3.48. The van der Waals surface area contributed by atoms with Crippen molar-refractivity contribution < 1.29 is 26.3 Å². The Morgan fingerprint density at radius 3 is 1.81 bits per heavy atom. The van der Waals surface area contributed by atoms with Gasteiger partial charge in [0.2, 0.25) is 0 Å². The van der Waals surface area contributed by atoms with Crippen molar-refractivity contribution >= 4 is 27.5 Å². The van der Waals surface area contributed by atoms with Gasteiger partial charge in [-0.2, -0.15) is 31.4 Å². The molecular formula is C26H17F6N5. The third kappa shape index (κ3) is 3.48. The van der Waals surface area contributed by atoms with Crippen LogP contribution in [0.25, 0.3) is 49.8 Å². The molecule has 188 valence electrons. The fraction of sp³-hybridized carbons (Fsp3) is 0.154. The van der Waals surface area contributed by atoms with E-state index in [0.717, 1.165) is 11.0 Å². The van der Waals surface area contributed by atoms with E-state index in [4.69, 9.17) is 0 Å². The molecular weight excluding hydrogens is 496 g/mol. The molecule has 4 aromatic heterocycles. The summed E-state index contributed by atoms with van der Waals surface area (Å²) in [6.07, 6.45) is -6.83. The number of rotatable bonds is 2. The van der Waals surface area contributed by atoms with Crippen LogP contribution in [0.5, 0.6) is 0 Å². The lowest BCUT2D eigenvalue weighted by atomic mass is 10.00. The zero-order valence-corrected chi connectivity index (χ0v) is 19.4. The number of aromatic nitrogens is 5. The summed E-state index contributed by atoms with van der Waals surface area (Å²) in [6, 6.07) is 14.4. The first-order chi connectivity index (χ1) is 17.4. The summed E-state index contributed by atoms with van der Waals surface area (Å²) >= 11 is 0. The zero-order chi connectivity index (χ0) is 26.3. The molecule has 0 unspecified atom stereocenters. The average molecular weight is 513 g/mol. The number of fused-ring (bicyclic) bond motifs is 3. The van der Waals surface area contributed by atoms with Crippen molar-refractivity contribution in [2.24, 2.45) is 14.1 Å². The topological polar surface area (TPSA) is 40.1 Å². The van der Waals surface area contributed by atoms with Crippen LogP contribution in [0.15, 0.2) is 67.0 Å². The lowest BCUT2D eigenvalue weighted by molar-refractivity contribution is -0.148. The molecule has 6 aromatic rings. The summed E-state index contributed by atoms with van der Waals surface area (Å²) in [7, 11) is 3.53. The Bertz CT molecular complexity index is 1830. The first kappa shape index (κ1) is 23.1. The summed E-state index contributed by atoms with van der Waals surface area (Å²) in [4.78, 5) is 3.71. The Hall–Kier alpha value is -4.28. The fourth-order valence-corrected chi connectivity index (χ4v) is 4.87. The Kier molecular flexibility index (Phi) is 4.76. The molecule has 0 aliphatic rings. The third-order valence-corrected chi connectivity index (χ3v) is 6.49. The highest BCUT2D eigenvalue weighted by atomic mass is 19.4. The molecule has 37 heavy (non-hydrogen) atoms. The molecule has 0 spiro atoms. The van der Waals surface area contributed by atoms with E-state index in [-0.39, 0.29) is 17.3 Å². The number of para-hydroxylation sites is 2. The molecule has 0 bridgehead atoms. The van der Waals surface area contributed by atoms with Gasteiger partial charge in [0.05, 0.1) is 5.56 Å². The zero-order valence-electron chi connectivity index (χ0n) is 19.4. The van der Waals surface area contributed by atoms with E-state index < -0.39 is 29.4 Å². The quantitative estimate of drug-likeness (QED) is 0.232. The molecule has 0 saturated carbocycles. The SMILES string of the molecule is Cn1cc(-c2nn3c(C(F)(F)F)cc(C(F)(F)F)nc3c2-c2cn(C)c3ccccc23)c2ccccc21. The standard InChI is InChI=1S/C26H17F6N5/c1-35-12-16(14-7-3-5-9-18(14)35)22-23(17-13-36(2)19-10-6-4-8-15(17)19)34-37-21(26(30,31)32)11-20(25(27,28)29)33-24(22)37/h3-13H,1-2H3. The van der Waals surface area contributed by atoms with Gasteiger partial charge in [0.1, 0.15) is 11.4 Å². The predicted molar refractivity (Wildman–Crippen MR) is 127 cm³/mol. The van der Waals surface area contributed by atoms with Crippen molar-refractivity contribution in [2.75, 3.05) is 0 Å². The van der Waals surface area contributed by atoms with Crippen LogP contribution in [0.4, 0.5) is 26.3 Å². The van der Waals surface area contributed by atoms with Crippen molar-refractivity contribution in [3.8, 4) is 22.4 Å². The van der Waals surface area contributed by atoms with Crippen LogP contribution in [-0.2, 0) is 26.4 Å². The van der Waals surface area contributed by atoms with E-state index in [1.165, 1.54) is 0 Å². The van der Waals surface area contributed by atoms with Crippen LogP contribution in [0.1, 0.15) is 11.4 Å². The minimum atomic E-state index is -5.11. The lowest BCUT2D eigenvalue weighted by Gasteiger charge is -2.12. The van der Waals surface area contributed by atoms with Gasteiger partial charge in [0.25, 0.3) is 0 Å². The van der Waals surface area contributed by atoms with Crippen molar-refractivity contribution in [3.63, 3.8) is 0 Å². The van der Waals surface area contributed by atoms with Crippen LogP contribution < -0.4 is 0 Å². The normalized spacial score (nSPS) is 12.9. The predicted octanol–water partition coefficient (Wildman–Crippen LogP) is 7.08. The number of hydrogen-bond donors (Lipinski definition) is 0. The van der Waals surface area contributed by atoms with Gasteiger partial charge < -0.3 is 9.13 Å². The number of aryl methyl sites for hydroxylation is 2. The van der Waals surface area contributed by atoms with Crippen LogP contribution in [0.3, 0.4) is 0 Å². The van der Waals surface area contributed by atoms with E-state index in [0.29, 0.717) is 26.4 Å². The van der Waals surface area contributed by atoms with Gasteiger partial charge in [-0.3, -0.25) is 0 Å². The molecule has 5 nitrogen and oxygen atoms in total. The Morgan fingerprint density at radius 1 is 0.703 bits per heavy atom. The van der Waals surface area contributed by atoms with Gasteiger partial charge in [0.15, 0.2) is 11.3 Å². The minimum absolute atomic E-state index is 0.000237. The monoisotopic (exact) mass is 513 g/mol. The Balaban J connectivity index is 1.83. The second-order valence-electron chi connectivity index (χ2n) is 8.82. The maximum atomic E-state index is 14.1. The number of hydrogen-bond acceptors (Lipinski definition) is 2. The van der Waals surface area contributed by atoms with E-state index in [9.17, 15) is 26.3 Å². The number of nitrogens with zero attached hydrogens (tertiary/aromatic N) is 5. The first-order valence-corrected chi connectivity index (χ1v) is 11.1. The Labute approximate surface area is 205 Å². The van der Waals surface area contributed by atoms with E-state index in [1.54, 1.807) is 66.0 Å². The molecule has 0 aliphatic carbocycles. The second-order valence-corrected chi connectivity index (χ2v) is 8.82. The Morgan fingerprint density at radius 2 is 1.24 bits per heavy atom. The summed E-state index contributed by atoms with van der Waals surface area (Å²) in [6.45, 7) is 0. The molecule has 0 atom stereocenters. The second kappa shape index (κ2) is 7.61. The van der Waals surface area contributed by atoms with Gasteiger partial charge in [-0.15, -0.1) is 0 Å². The van der Waals surface area contributed by atoms with Gasteiger partial charge in [-0.1, -0.05) is 36.4 Å². The summed E-state index contributed by atoms with van der Waals surface area (Å²) in [5.41, 5.74) is -1.08. The molecule has 0 fully saturated rings. The maximum absolute atomic E-state index is 14.1. The number of benzene rings is 2. The molecule has 4 heterocycles. The van der Waals surface area contributed by atoms with Gasteiger partial charge in [-0.25, -0.2) is 9.50 Å². The molecule has 11 heteroatoms. The number of alkyl halides is 6.